The lowest BCUT2D eigenvalue weighted by atomic mass is 10.4. The molecular weight excluding hydrogens is 152 g/mol. The van der Waals surface area contributed by atoms with E-state index in [9.17, 15) is 0 Å². The topological polar surface area (TPSA) is 56.7 Å². The summed E-state index contributed by atoms with van der Waals surface area (Å²) in [4.78, 5) is 0. The van der Waals surface area contributed by atoms with E-state index in [-0.39, 0.29) is 18.4 Å². The van der Waals surface area contributed by atoms with Crippen molar-refractivity contribution in [2.75, 3.05) is 6.54 Å². The third-order valence-electron chi connectivity index (χ3n) is 1.23. The van der Waals surface area contributed by atoms with E-state index in [0.717, 1.165) is 0 Å². The van der Waals surface area contributed by atoms with Crippen LogP contribution < -0.4 is 5.73 Å². The molecule has 1 unspecified atom stereocenters. The molecule has 1 rings (SSSR count). The summed E-state index contributed by atoms with van der Waals surface area (Å²) < 4.78 is 1.74. The number of nitrogens with two attached hydrogens (primary N) is 1. The van der Waals surface area contributed by atoms with Gasteiger partial charge in [-0.05, 0) is 6.92 Å². The molecule has 5 heteroatoms. The van der Waals surface area contributed by atoms with E-state index in [2.05, 4.69) is 10.3 Å². The molecule has 1 aromatic rings. The molecule has 58 valence electrons. The van der Waals surface area contributed by atoms with Crippen LogP contribution in [0.15, 0.2) is 12.4 Å². The van der Waals surface area contributed by atoms with Gasteiger partial charge in [0.05, 0.1) is 12.2 Å². The van der Waals surface area contributed by atoms with Crippen molar-refractivity contribution in [3.63, 3.8) is 0 Å². The first kappa shape index (κ1) is 9.39. The monoisotopic (exact) mass is 162 g/mol. The van der Waals surface area contributed by atoms with Crippen LogP contribution in [0.5, 0.6) is 0 Å². The Morgan fingerprint density at radius 3 is 2.80 bits per heavy atom. The molecule has 0 amide bonds. The second kappa shape index (κ2) is 4.24. The zero-order valence-electron chi connectivity index (χ0n) is 5.77. The van der Waals surface area contributed by atoms with Gasteiger partial charge in [0.2, 0.25) is 0 Å². The van der Waals surface area contributed by atoms with Crippen molar-refractivity contribution >= 4 is 12.4 Å². The summed E-state index contributed by atoms with van der Waals surface area (Å²) in [7, 11) is 0. The SMILES string of the molecule is CC(CN)n1ccnn1.Cl. The molecule has 0 aliphatic heterocycles. The van der Waals surface area contributed by atoms with E-state index in [4.69, 9.17) is 5.73 Å². The number of nitrogens with zero attached hydrogens (tertiary/aromatic N) is 3. The van der Waals surface area contributed by atoms with Gasteiger partial charge in [0, 0.05) is 12.7 Å². The zero-order valence-corrected chi connectivity index (χ0v) is 6.58. The van der Waals surface area contributed by atoms with E-state index in [1.54, 1.807) is 17.1 Å². The predicted octanol–water partition coefficient (Wildman–Crippen LogP) is 0.220. The number of halogens is 1. The van der Waals surface area contributed by atoms with E-state index >= 15 is 0 Å². The summed E-state index contributed by atoms with van der Waals surface area (Å²) in [5.74, 6) is 0. The Hall–Kier alpha value is -0.610. The summed E-state index contributed by atoms with van der Waals surface area (Å²) in [6.45, 7) is 2.60. The van der Waals surface area contributed by atoms with E-state index in [1.807, 2.05) is 6.92 Å². The van der Waals surface area contributed by atoms with Crippen LogP contribution in [0.1, 0.15) is 13.0 Å². The highest BCUT2D eigenvalue weighted by Gasteiger charge is 1.99. The maximum atomic E-state index is 5.37. The van der Waals surface area contributed by atoms with Gasteiger partial charge in [-0.2, -0.15) is 0 Å². The van der Waals surface area contributed by atoms with Crippen molar-refractivity contribution in [2.45, 2.75) is 13.0 Å². The van der Waals surface area contributed by atoms with Gasteiger partial charge in [0.25, 0.3) is 0 Å². The summed E-state index contributed by atoms with van der Waals surface area (Å²) in [6, 6.07) is 0.257. The average Bonchev–Trinajstić information content (AvgIpc) is 2.37. The number of rotatable bonds is 2. The van der Waals surface area contributed by atoms with Gasteiger partial charge in [-0.25, -0.2) is 4.68 Å². The van der Waals surface area contributed by atoms with Gasteiger partial charge in [-0.1, -0.05) is 5.21 Å². The normalized spacial score (nSPS) is 12.2. The Morgan fingerprint density at radius 2 is 2.40 bits per heavy atom. The molecule has 0 radical (unpaired) electrons. The maximum Gasteiger partial charge on any atom is 0.0693 e. The molecule has 1 aromatic heterocycles. The van der Waals surface area contributed by atoms with Crippen LogP contribution in [0.2, 0.25) is 0 Å². The van der Waals surface area contributed by atoms with Crippen LogP contribution in [0.4, 0.5) is 0 Å². The van der Waals surface area contributed by atoms with E-state index in [0.29, 0.717) is 6.54 Å². The van der Waals surface area contributed by atoms with Crippen LogP contribution in [-0.4, -0.2) is 21.5 Å². The minimum Gasteiger partial charge on any atom is -0.328 e. The Labute approximate surface area is 65.8 Å². The van der Waals surface area contributed by atoms with Crippen LogP contribution in [0.25, 0.3) is 0 Å². The zero-order chi connectivity index (χ0) is 6.69. The van der Waals surface area contributed by atoms with Crippen LogP contribution in [0, 0.1) is 0 Å². The summed E-state index contributed by atoms with van der Waals surface area (Å²) in [6.07, 6.45) is 3.45. The number of hydrogen-bond donors (Lipinski definition) is 1. The number of hydrogen-bond acceptors (Lipinski definition) is 3. The highest BCUT2D eigenvalue weighted by Crippen LogP contribution is 1.96. The standard InChI is InChI=1S/C5H10N4.ClH/c1-5(4-6)9-3-2-7-8-9;/h2-3,5H,4,6H2,1H3;1H. The first-order valence-electron chi connectivity index (χ1n) is 2.90. The lowest BCUT2D eigenvalue weighted by Crippen LogP contribution is -2.16. The molecule has 1 heterocycles. The molecule has 0 aromatic carbocycles. The Kier molecular flexibility index (Phi) is 3.99. The maximum absolute atomic E-state index is 5.37. The second-order valence-electron chi connectivity index (χ2n) is 1.97. The van der Waals surface area contributed by atoms with Gasteiger partial charge in [0.1, 0.15) is 0 Å². The average molecular weight is 163 g/mol. The number of aromatic nitrogens is 3. The molecule has 0 saturated carbocycles. The fourth-order valence-electron chi connectivity index (χ4n) is 0.560. The van der Waals surface area contributed by atoms with Gasteiger partial charge < -0.3 is 5.73 Å². The Balaban J connectivity index is 0.000000810. The third kappa shape index (κ3) is 1.97. The highest BCUT2D eigenvalue weighted by atomic mass is 35.5. The summed E-state index contributed by atoms with van der Waals surface area (Å²) in [5.41, 5.74) is 5.37. The van der Waals surface area contributed by atoms with Crippen molar-refractivity contribution in [1.29, 1.82) is 0 Å². The van der Waals surface area contributed by atoms with E-state index < -0.39 is 0 Å². The molecule has 4 nitrogen and oxygen atoms in total. The molecule has 0 bridgehead atoms. The fourth-order valence-corrected chi connectivity index (χ4v) is 0.560. The molecule has 0 aliphatic carbocycles. The molecule has 0 fully saturated rings. The van der Waals surface area contributed by atoms with Gasteiger partial charge in [0.15, 0.2) is 0 Å². The van der Waals surface area contributed by atoms with Crippen LogP contribution >= 0.6 is 12.4 Å². The van der Waals surface area contributed by atoms with Crippen molar-refractivity contribution in [3.05, 3.63) is 12.4 Å². The Morgan fingerprint density at radius 1 is 1.70 bits per heavy atom. The second-order valence-corrected chi connectivity index (χ2v) is 1.97. The first-order chi connectivity index (χ1) is 4.34. The molecule has 2 N–H and O–H groups in total. The molecule has 1 atom stereocenters. The van der Waals surface area contributed by atoms with Crippen LogP contribution in [-0.2, 0) is 0 Å². The van der Waals surface area contributed by atoms with Crippen molar-refractivity contribution in [1.82, 2.24) is 15.0 Å². The lowest BCUT2D eigenvalue weighted by molar-refractivity contribution is 0.485. The van der Waals surface area contributed by atoms with Gasteiger partial charge in [-0.3, -0.25) is 0 Å². The van der Waals surface area contributed by atoms with E-state index in [1.165, 1.54) is 0 Å². The predicted molar refractivity (Wildman–Crippen MR) is 41.0 cm³/mol. The van der Waals surface area contributed by atoms with Crippen LogP contribution in [0.3, 0.4) is 0 Å². The van der Waals surface area contributed by atoms with Crippen molar-refractivity contribution in [2.24, 2.45) is 5.73 Å². The molecular formula is C5H11ClN4. The van der Waals surface area contributed by atoms with Crippen molar-refractivity contribution < 1.29 is 0 Å². The fraction of sp³-hybridized carbons (Fsp3) is 0.600. The van der Waals surface area contributed by atoms with Gasteiger partial charge >= 0.3 is 0 Å². The quantitative estimate of drug-likeness (QED) is 0.677. The lowest BCUT2D eigenvalue weighted by Gasteiger charge is -2.05. The first-order valence-corrected chi connectivity index (χ1v) is 2.90. The molecule has 0 aliphatic rings. The third-order valence-corrected chi connectivity index (χ3v) is 1.23. The minimum absolute atomic E-state index is 0. The van der Waals surface area contributed by atoms with Gasteiger partial charge in [-0.15, -0.1) is 17.5 Å². The Bertz CT molecular complexity index is 162. The minimum atomic E-state index is 0. The molecule has 0 spiro atoms. The highest BCUT2D eigenvalue weighted by molar-refractivity contribution is 5.85. The molecule has 10 heavy (non-hydrogen) atoms. The summed E-state index contributed by atoms with van der Waals surface area (Å²) >= 11 is 0. The largest absolute Gasteiger partial charge is 0.328 e. The summed E-state index contributed by atoms with van der Waals surface area (Å²) in [5, 5.41) is 7.42. The molecule has 0 saturated heterocycles. The van der Waals surface area contributed by atoms with Crippen molar-refractivity contribution in [3.8, 4) is 0 Å². The smallest absolute Gasteiger partial charge is 0.0693 e.